The van der Waals surface area contributed by atoms with Crippen LogP contribution in [0.4, 0.5) is 5.69 Å². The first-order chi connectivity index (χ1) is 7.86. The zero-order chi connectivity index (χ0) is 13.1. The van der Waals surface area contributed by atoms with Crippen LogP contribution in [0.2, 0.25) is 0 Å². The van der Waals surface area contributed by atoms with E-state index < -0.39 is 11.5 Å². The van der Waals surface area contributed by atoms with Crippen LogP contribution in [-0.4, -0.2) is 22.5 Å². The van der Waals surface area contributed by atoms with Gasteiger partial charge in [-0.25, -0.2) is 4.79 Å². The standard InChI is InChI=1S/C12H16N2O3/c1-3-12(2,13)11(17)14-9-6-4-5-8(7-9)10(15)16/h4-7H,3,13H2,1-2H3,(H,14,17)(H,15,16). The summed E-state index contributed by atoms with van der Waals surface area (Å²) in [6, 6.07) is 6.04. The molecule has 1 rings (SSSR count). The lowest BCUT2D eigenvalue weighted by molar-refractivity contribution is -0.120. The van der Waals surface area contributed by atoms with E-state index in [0.717, 1.165) is 0 Å². The van der Waals surface area contributed by atoms with E-state index in [1.54, 1.807) is 19.1 Å². The van der Waals surface area contributed by atoms with Gasteiger partial charge in [0.05, 0.1) is 11.1 Å². The Morgan fingerprint density at radius 2 is 2.12 bits per heavy atom. The van der Waals surface area contributed by atoms with Gasteiger partial charge < -0.3 is 16.2 Å². The van der Waals surface area contributed by atoms with Gasteiger partial charge in [-0.3, -0.25) is 4.79 Å². The molecule has 92 valence electrons. The molecule has 0 aliphatic carbocycles. The fourth-order valence-corrected chi connectivity index (χ4v) is 1.16. The van der Waals surface area contributed by atoms with Gasteiger partial charge in [0.2, 0.25) is 5.91 Å². The molecule has 1 aromatic rings. The van der Waals surface area contributed by atoms with Gasteiger partial charge >= 0.3 is 5.97 Å². The van der Waals surface area contributed by atoms with Crippen molar-refractivity contribution in [2.45, 2.75) is 25.8 Å². The molecule has 1 atom stereocenters. The highest BCUT2D eigenvalue weighted by Gasteiger charge is 2.25. The van der Waals surface area contributed by atoms with E-state index >= 15 is 0 Å². The van der Waals surface area contributed by atoms with Crippen molar-refractivity contribution >= 4 is 17.6 Å². The molecule has 0 aliphatic heterocycles. The number of hydrogen-bond acceptors (Lipinski definition) is 3. The second-order valence-electron chi connectivity index (χ2n) is 4.11. The van der Waals surface area contributed by atoms with Gasteiger partial charge in [-0.05, 0) is 31.5 Å². The molecule has 0 saturated heterocycles. The molecule has 17 heavy (non-hydrogen) atoms. The SMILES string of the molecule is CCC(C)(N)C(=O)Nc1cccc(C(=O)O)c1. The topological polar surface area (TPSA) is 92.4 Å². The van der Waals surface area contributed by atoms with E-state index in [1.807, 2.05) is 6.92 Å². The van der Waals surface area contributed by atoms with Crippen molar-refractivity contribution in [3.63, 3.8) is 0 Å². The summed E-state index contributed by atoms with van der Waals surface area (Å²) in [5, 5.41) is 11.4. The summed E-state index contributed by atoms with van der Waals surface area (Å²) < 4.78 is 0. The lowest BCUT2D eigenvalue weighted by Gasteiger charge is -2.21. The predicted octanol–water partition coefficient (Wildman–Crippen LogP) is 1.45. The first-order valence-electron chi connectivity index (χ1n) is 5.30. The molecule has 0 radical (unpaired) electrons. The van der Waals surface area contributed by atoms with Gasteiger partial charge in [0, 0.05) is 5.69 Å². The van der Waals surface area contributed by atoms with Crippen molar-refractivity contribution in [2.75, 3.05) is 5.32 Å². The summed E-state index contributed by atoms with van der Waals surface area (Å²) in [4.78, 5) is 22.5. The van der Waals surface area contributed by atoms with Crippen LogP contribution in [0, 0.1) is 0 Å². The number of carboxylic acids is 1. The summed E-state index contributed by atoms with van der Waals surface area (Å²) in [6.07, 6.45) is 0.497. The molecule has 0 saturated carbocycles. The lowest BCUT2D eigenvalue weighted by atomic mass is 9.99. The minimum atomic E-state index is -1.04. The van der Waals surface area contributed by atoms with Crippen LogP contribution in [-0.2, 0) is 4.79 Å². The van der Waals surface area contributed by atoms with E-state index in [0.29, 0.717) is 12.1 Å². The number of rotatable bonds is 4. The number of nitrogens with one attached hydrogen (secondary N) is 1. The molecule has 4 N–H and O–H groups in total. The van der Waals surface area contributed by atoms with Crippen LogP contribution in [0.3, 0.4) is 0 Å². The zero-order valence-electron chi connectivity index (χ0n) is 9.86. The number of hydrogen-bond donors (Lipinski definition) is 3. The van der Waals surface area contributed by atoms with E-state index in [9.17, 15) is 9.59 Å². The third kappa shape index (κ3) is 3.29. The lowest BCUT2D eigenvalue weighted by Crippen LogP contribution is -2.47. The largest absolute Gasteiger partial charge is 0.478 e. The van der Waals surface area contributed by atoms with Crippen molar-refractivity contribution in [2.24, 2.45) is 5.73 Å². The number of aromatic carboxylic acids is 1. The fourth-order valence-electron chi connectivity index (χ4n) is 1.16. The molecule has 1 unspecified atom stereocenters. The Labute approximate surface area is 99.6 Å². The average Bonchev–Trinajstić information content (AvgIpc) is 2.29. The fraction of sp³-hybridized carbons (Fsp3) is 0.333. The first-order valence-corrected chi connectivity index (χ1v) is 5.30. The van der Waals surface area contributed by atoms with Gasteiger partial charge in [0.1, 0.15) is 0 Å². The Kier molecular flexibility index (Phi) is 3.85. The Balaban J connectivity index is 2.86. The summed E-state index contributed by atoms with van der Waals surface area (Å²) in [5.74, 6) is -1.37. The molecule has 5 heteroatoms. The van der Waals surface area contributed by atoms with Crippen LogP contribution in [0.1, 0.15) is 30.6 Å². The monoisotopic (exact) mass is 236 g/mol. The summed E-state index contributed by atoms with van der Waals surface area (Å²) >= 11 is 0. The molecular formula is C12H16N2O3. The van der Waals surface area contributed by atoms with Gasteiger partial charge in [-0.15, -0.1) is 0 Å². The van der Waals surface area contributed by atoms with Gasteiger partial charge in [-0.2, -0.15) is 0 Å². The summed E-state index contributed by atoms with van der Waals surface area (Å²) in [7, 11) is 0. The quantitative estimate of drug-likeness (QED) is 0.737. The van der Waals surface area contributed by atoms with Crippen molar-refractivity contribution in [3.8, 4) is 0 Å². The zero-order valence-corrected chi connectivity index (χ0v) is 9.86. The van der Waals surface area contributed by atoms with Gasteiger partial charge in [0.25, 0.3) is 0 Å². The highest BCUT2D eigenvalue weighted by Crippen LogP contribution is 2.14. The second kappa shape index (κ2) is 4.97. The molecule has 0 spiro atoms. The number of carbonyl (C=O) groups is 2. The van der Waals surface area contributed by atoms with Gasteiger partial charge in [-0.1, -0.05) is 13.0 Å². The van der Waals surface area contributed by atoms with Crippen LogP contribution in [0.25, 0.3) is 0 Å². The summed E-state index contributed by atoms with van der Waals surface area (Å²) in [5.41, 5.74) is 5.37. The third-order valence-corrected chi connectivity index (χ3v) is 2.62. The number of nitrogens with two attached hydrogens (primary N) is 1. The smallest absolute Gasteiger partial charge is 0.335 e. The van der Waals surface area contributed by atoms with Gasteiger partial charge in [0.15, 0.2) is 0 Å². The predicted molar refractivity (Wildman–Crippen MR) is 64.9 cm³/mol. The number of anilines is 1. The molecule has 0 heterocycles. The number of amides is 1. The Morgan fingerprint density at radius 3 is 2.65 bits per heavy atom. The van der Waals surface area contributed by atoms with E-state index in [4.69, 9.17) is 10.8 Å². The highest BCUT2D eigenvalue weighted by atomic mass is 16.4. The normalized spacial score (nSPS) is 13.8. The molecule has 1 amide bonds. The highest BCUT2D eigenvalue weighted by molar-refractivity contribution is 5.98. The van der Waals surface area contributed by atoms with Crippen LogP contribution >= 0.6 is 0 Å². The number of carboxylic acid groups (broad SMARTS) is 1. The Hall–Kier alpha value is -1.88. The van der Waals surface area contributed by atoms with E-state index in [1.165, 1.54) is 12.1 Å². The third-order valence-electron chi connectivity index (χ3n) is 2.62. The van der Waals surface area contributed by atoms with Crippen LogP contribution in [0.15, 0.2) is 24.3 Å². The number of benzene rings is 1. The van der Waals surface area contributed by atoms with Crippen molar-refractivity contribution in [3.05, 3.63) is 29.8 Å². The number of carbonyl (C=O) groups excluding carboxylic acids is 1. The van der Waals surface area contributed by atoms with Crippen molar-refractivity contribution in [1.82, 2.24) is 0 Å². The summed E-state index contributed by atoms with van der Waals surface area (Å²) in [6.45, 7) is 3.44. The Morgan fingerprint density at radius 1 is 1.47 bits per heavy atom. The van der Waals surface area contributed by atoms with Crippen LogP contribution < -0.4 is 11.1 Å². The molecule has 1 aromatic carbocycles. The molecule has 5 nitrogen and oxygen atoms in total. The maximum absolute atomic E-state index is 11.8. The maximum atomic E-state index is 11.8. The first kappa shape index (κ1) is 13.2. The van der Waals surface area contributed by atoms with Crippen LogP contribution in [0.5, 0.6) is 0 Å². The maximum Gasteiger partial charge on any atom is 0.335 e. The van der Waals surface area contributed by atoms with Crippen molar-refractivity contribution in [1.29, 1.82) is 0 Å². The molecule has 0 aromatic heterocycles. The molecule has 0 fully saturated rings. The minimum absolute atomic E-state index is 0.123. The molecular weight excluding hydrogens is 220 g/mol. The minimum Gasteiger partial charge on any atom is -0.478 e. The van der Waals surface area contributed by atoms with E-state index in [-0.39, 0.29) is 11.5 Å². The average molecular weight is 236 g/mol. The van der Waals surface area contributed by atoms with Crippen molar-refractivity contribution < 1.29 is 14.7 Å². The molecule has 0 aliphatic rings. The Bertz CT molecular complexity index is 441. The molecule has 0 bridgehead atoms. The van der Waals surface area contributed by atoms with E-state index in [2.05, 4.69) is 5.32 Å². The second-order valence-corrected chi connectivity index (χ2v) is 4.11.